The van der Waals surface area contributed by atoms with Crippen molar-refractivity contribution in [2.24, 2.45) is 5.92 Å². The van der Waals surface area contributed by atoms with Gasteiger partial charge >= 0.3 is 0 Å². The van der Waals surface area contributed by atoms with Crippen LogP contribution in [0.1, 0.15) is 49.1 Å². The first-order valence-electron chi connectivity index (χ1n) is 6.38. The Morgan fingerprint density at radius 3 is 2.65 bits per heavy atom. The molecule has 0 bridgehead atoms. The van der Waals surface area contributed by atoms with E-state index in [-0.39, 0.29) is 11.8 Å². The van der Waals surface area contributed by atoms with Crippen LogP contribution in [-0.2, 0) is 11.3 Å². The maximum absolute atomic E-state index is 12.0. The smallest absolute Gasteiger partial charge is 0.223 e. The molecule has 2 rings (SSSR count). The Labute approximate surface area is 102 Å². The van der Waals surface area contributed by atoms with E-state index in [1.807, 2.05) is 13.8 Å². The first-order valence-corrected chi connectivity index (χ1v) is 6.38. The second-order valence-electron chi connectivity index (χ2n) is 4.86. The summed E-state index contributed by atoms with van der Waals surface area (Å²) in [4.78, 5) is 12.0. The van der Waals surface area contributed by atoms with Crippen LogP contribution < -0.4 is 5.32 Å². The van der Waals surface area contributed by atoms with Gasteiger partial charge in [0.1, 0.15) is 5.76 Å². The number of nitrogens with zero attached hydrogens (tertiary/aromatic N) is 1. The molecule has 1 heterocycles. The van der Waals surface area contributed by atoms with E-state index in [1.54, 1.807) is 0 Å². The molecule has 1 aliphatic rings. The van der Waals surface area contributed by atoms with E-state index >= 15 is 0 Å². The third-order valence-corrected chi connectivity index (χ3v) is 3.60. The van der Waals surface area contributed by atoms with Crippen LogP contribution in [0.25, 0.3) is 0 Å². The van der Waals surface area contributed by atoms with E-state index in [0.717, 1.165) is 29.9 Å². The minimum absolute atomic E-state index is 0.185. The van der Waals surface area contributed by atoms with Crippen molar-refractivity contribution in [2.45, 2.75) is 52.5 Å². The van der Waals surface area contributed by atoms with Gasteiger partial charge in [-0.3, -0.25) is 4.79 Å². The number of rotatable bonds is 3. The molecule has 1 N–H and O–H groups in total. The van der Waals surface area contributed by atoms with Crippen molar-refractivity contribution in [1.29, 1.82) is 0 Å². The molecule has 1 fully saturated rings. The number of amides is 1. The Bertz CT molecular complexity index is 373. The highest BCUT2D eigenvalue weighted by molar-refractivity contribution is 5.78. The number of carbonyl (C=O) groups is 1. The van der Waals surface area contributed by atoms with Gasteiger partial charge in [0.2, 0.25) is 5.91 Å². The zero-order chi connectivity index (χ0) is 12.3. The molecule has 4 heteroatoms. The summed E-state index contributed by atoms with van der Waals surface area (Å²) < 4.78 is 5.07. The van der Waals surface area contributed by atoms with Crippen LogP contribution in [0.3, 0.4) is 0 Å². The average Bonchev–Trinajstić information content (AvgIpc) is 2.67. The number of carbonyl (C=O) groups excluding carboxylic acids is 1. The molecule has 1 saturated carbocycles. The molecule has 0 unspecified atom stereocenters. The Kier molecular flexibility index (Phi) is 3.82. The van der Waals surface area contributed by atoms with Crippen molar-refractivity contribution in [3.8, 4) is 0 Å². The summed E-state index contributed by atoms with van der Waals surface area (Å²) in [6.45, 7) is 4.32. The summed E-state index contributed by atoms with van der Waals surface area (Å²) >= 11 is 0. The molecule has 1 aromatic heterocycles. The molecule has 1 amide bonds. The van der Waals surface area contributed by atoms with Crippen molar-refractivity contribution in [3.05, 3.63) is 17.0 Å². The van der Waals surface area contributed by atoms with Crippen LogP contribution in [0, 0.1) is 19.8 Å². The van der Waals surface area contributed by atoms with Crippen molar-refractivity contribution in [1.82, 2.24) is 10.5 Å². The highest BCUT2D eigenvalue weighted by Gasteiger charge is 2.21. The lowest BCUT2D eigenvalue weighted by Gasteiger charge is -2.20. The average molecular weight is 236 g/mol. The molecule has 0 saturated heterocycles. The summed E-state index contributed by atoms with van der Waals surface area (Å²) in [7, 11) is 0. The molecule has 0 spiro atoms. The second-order valence-corrected chi connectivity index (χ2v) is 4.86. The van der Waals surface area contributed by atoms with Gasteiger partial charge in [-0.1, -0.05) is 24.4 Å². The van der Waals surface area contributed by atoms with Crippen LogP contribution in [0.15, 0.2) is 4.52 Å². The third-order valence-electron chi connectivity index (χ3n) is 3.60. The largest absolute Gasteiger partial charge is 0.361 e. The maximum atomic E-state index is 12.0. The molecule has 0 radical (unpaired) electrons. The fourth-order valence-corrected chi connectivity index (χ4v) is 2.44. The van der Waals surface area contributed by atoms with Crippen LogP contribution in [0.2, 0.25) is 0 Å². The second kappa shape index (κ2) is 5.34. The monoisotopic (exact) mass is 236 g/mol. The molecule has 94 valence electrons. The molecular formula is C13H20N2O2. The van der Waals surface area contributed by atoms with Gasteiger partial charge in [0, 0.05) is 18.0 Å². The Morgan fingerprint density at radius 2 is 2.06 bits per heavy atom. The SMILES string of the molecule is Cc1noc(C)c1CNC(=O)C1CCCCC1. The summed E-state index contributed by atoms with van der Waals surface area (Å²) in [5, 5.41) is 6.88. The molecule has 0 aliphatic heterocycles. The zero-order valence-electron chi connectivity index (χ0n) is 10.6. The van der Waals surface area contributed by atoms with Gasteiger partial charge in [0.05, 0.1) is 5.69 Å². The molecule has 0 atom stereocenters. The Balaban J connectivity index is 1.87. The van der Waals surface area contributed by atoms with Gasteiger partial charge in [-0.25, -0.2) is 0 Å². The quantitative estimate of drug-likeness (QED) is 0.877. The fourth-order valence-electron chi connectivity index (χ4n) is 2.44. The maximum Gasteiger partial charge on any atom is 0.223 e. The topological polar surface area (TPSA) is 55.1 Å². The summed E-state index contributed by atoms with van der Waals surface area (Å²) in [5.41, 5.74) is 1.88. The van der Waals surface area contributed by atoms with Crippen molar-refractivity contribution in [2.75, 3.05) is 0 Å². The lowest BCUT2D eigenvalue weighted by molar-refractivity contribution is -0.126. The molecule has 4 nitrogen and oxygen atoms in total. The number of nitrogens with one attached hydrogen (secondary N) is 1. The van der Waals surface area contributed by atoms with E-state index in [9.17, 15) is 4.79 Å². The van der Waals surface area contributed by atoms with E-state index in [0.29, 0.717) is 6.54 Å². The van der Waals surface area contributed by atoms with Gasteiger partial charge < -0.3 is 9.84 Å². The first kappa shape index (κ1) is 12.1. The van der Waals surface area contributed by atoms with Gasteiger partial charge in [0.15, 0.2) is 0 Å². The van der Waals surface area contributed by atoms with E-state index < -0.39 is 0 Å². The Morgan fingerprint density at radius 1 is 1.35 bits per heavy atom. The van der Waals surface area contributed by atoms with Gasteiger partial charge in [-0.15, -0.1) is 0 Å². The summed E-state index contributed by atoms with van der Waals surface area (Å²) in [5.74, 6) is 1.19. The Hall–Kier alpha value is -1.32. The van der Waals surface area contributed by atoms with Gasteiger partial charge in [-0.05, 0) is 26.7 Å². The molecular weight excluding hydrogens is 216 g/mol. The lowest BCUT2D eigenvalue weighted by Crippen LogP contribution is -2.31. The predicted octanol–water partition coefficient (Wildman–Crippen LogP) is 2.49. The van der Waals surface area contributed by atoms with Crippen LogP contribution in [0.5, 0.6) is 0 Å². The fraction of sp³-hybridized carbons (Fsp3) is 0.692. The van der Waals surface area contributed by atoms with Crippen LogP contribution in [-0.4, -0.2) is 11.1 Å². The van der Waals surface area contributed by atoms with Gasteiger partial charge in [-0.2, -0.15) is 0 Å². The number of aryl methyl sites for hydroxylation is 2. The molecule has 1 aliphatic carbocycles. The highest BCUT2D eigenvalue weighted by Crippen LogP contribution is 2.23. The van der Waals surface area contributed by atoms with Crippen molar-refractivity contribution < 1.29 is 9.32 Å². The molecule has 0 aromatic carbocycles. The normalized spacial score (nSPS) is 17.1. The number of aromatic nitrogens is 1. The number of hydrogen-bond donors (Lipinski definition) is 1. The van der Waals surface area contributed by atoms with Crippen LogP contribution in [0.4, 0.5) is 0 Å². The standard InChI is InChI=1S/C13H20N2O2/c1-9-12(10(2)17-15-9)8-14-13(16)11-6-4-3-5-7-11/h11H,3-8H2,1-2H3,(H,14,16). The van der Waals surface area contributed by atoms with Gasteiger partial charge in [0.25, 0.3) is 0 Å². The van der Waals surface area contributed by atoms with E-state index in [2.05, 4.69) is 10.5 Å². The van der Waals surface area contributed by atoms with E-state index in [1.165, 1.54) is 19.3 Å². The first-order chi connectivity index (χ1) is 8.18. The minimum atomic E-state index is 0.185. The van der Waals surface area contributed by atoms with E-state index in [4.69, 9.17) is 4.52 Å². The van der Waals surface area contributed by atoms with Crippen molar-refractivity contribution in [3.63, 3.8) is 0 Å². The van der Waals surface area contributed by atoms with Crippen LogP contribution >= 0.6 is 0 Å². The summed E-state index contributed by atoms with van der Waals surface area (Å²) in [6, 6.07) is 0. The highest BCUT2D eigenvalue weighted by atomic mass is 16.5. The predicted molar refractivity (Wildman–Crippen MR) is 64.4 cm³/mol. The minimum Gasteiger partial charge on any atom is -0.361 e. The molecule has 17 heavy (non-hydrogen) atoms. The van der Waals surface area contributed by atoms with Crippen molar-refractivity contribution >= 4 is 5.91 Å². The summed E-state index contributed by atoms with van der Waals surface area (Å²) in [6.07, 6.45) is 5.71. The zero-order valence-corrected chi connectivity index (χ0v) is 10.6. The lowest BCUT2D eigenvalue weighted by atomic mass is 9.88. The molecule has 1 aromatic rings. The number of hydrogen-bond acceptors (Lipinski definition) is 3. The third kappa shape index (κ3) is 2.87.